The maximum absolute atomic E-state index is 13.0. The van der Waals surface area contributed by atoms with Crippen molar-refractivity contribution in [1.82, 2.24) is 29.4 Å². The number of carbonyl (C=O) groups is 2. The number of benzene rings is 2. The highest BCUT2D eigenvalue weighted by Gasteiger charge is 2.37. The van der Waals surface area contributed by atoms with Gasteiger partial charge in [0.1, 0.15) is 41.2 Å². The van der Waals surface area contributed by atoms with Gasteiger partial charge in [0.2, 0.25) is 0 Å². The zero-order chi connectivity index (χ0) is 26.6. The molecule has 2 amide bonds. The molecule has 0 bridgehead atoms. The quantitative estimate of drug-likeness (QED) is 0.364. The molecule has 0 saturated heterocycles. The Balaban J connectivity index is 1.49. The van der Waals surface area contributed by atoms with E-state index in [1.54, 1.807) is 23.7 Å². The van der Waals surface area contributed by atoms with E-state index in [1.807, 2.05) is 54.6 Å². The molecule has 1 aliphatic heterocycles. The van der Waals surface area contributed by atoms with Gasteiger partial charge in [-0.2, -0.15) is 14.9 Å². The van der Waals surface area contributed by atoms with Gasteiger partial charge in [0.05, 0.1) is 18.7 Å². The second-order valence-corrected chi connectivity index (χ2v) is 8.86. The smallest absolute Gasteiger partial charge is 0.346 e. The highest BCUT2D eigenvalue weighted by Crippen LogP contribution is 2.37. The Morgan fingerprint density at radius 2 is 1.89 bits per heavy atom. The van der Waals surface area contributed by atoms with Gasteiger partial charge in [0.15, 0.2) is 0 Å². The summed E-state index contributed by atoms with van der Waals surface area (Å²) < 4.78 is 14.3. The third kappa shape index (κ3) is 4.81. The second kappa shape index (κ2) is 10.7. The number of para-hydroxylation sites is 1. The molecule has 2 atom stereocenters. The summed E-state index contributed by atoms with van der Waals surface area (Å²) >= 11 is 0. The van der Waals surface area contributed by atoms with E-state index < -0.39 is 11.9 Å². The van der Waals surface area contributed by atoms with Gasteiger partial charge in [-0.05, 0) is 42.8 Å². The maximum atomic E-state index is 13.0. The number of methoxy groups -OCH3 is 1. The van der Waals surface area contributed by atoms with Crippen LogP contribution < -0.4 is 15.8 Å². The van der Waals surface area contributed by atoms with E-state index >= 15 is 0 Å². The number of fused-ring (bicyclic) bond motifs is 1. The third-order valence-electron chi connectivity index (χ3n) is 6.51. The molecule has 2 aromatic carbocycles. The highest BCUT2D eigenvalue weighted by molar-refractivity contribution is 6.03. The first-order valence-electron chi connectivity index (χ1n) is 12.1. The molecule has 0 radical (unpaired) electrons. The second-order valence-electron chi connectivity index (χ2n) is 8.86. The largest absolute Gasteiger partial charge is 0.457 e. The molecule has 0 fully saturated rings. The van der Waals surface area contributed by atoms with Gasteiger partial charge in [0.25, 0.3) is 5.91 Å². The fourth-order valence-corrected chi connectivity index (χ4v) is 4.66. The number of nitrogens with two attached hydrogens (primary N) is 1. The van der Waals surface area contributed by atoms with Gasteiger partial charge < -0.3 is 25.4 Å². The van der Waals surface area contributed by atoms with Crippen LogP contribution in [-0.2, 0) is 4.74 Å². The van der Waals surface area contributed by atoms with E-state index in [-0.39, 0.29) is 24.2 Å². The minimum atomic E-state index is -0.602. The Labute approximate surface area is 219 Å². The fraction of sp³-hybridized carbons (Fsp3) is 0.269. The average Bonchev–Trinajstić information content (AvgIpc) is 3.61. The number of hydrogen-bond donors (Lipinski definition) is 2. The number of anilines is 1. The zero-order valence-corrected chi connectivity index (χ0v) is 21.0. The number of primary amides is 1. The van der Waals surface area contributed by atoms with E-state index in [1.165, 1.54) is 12.7 Å². The number of ether oxygens (including phenoxy) is 2. The Kier molecular flexibility index (Phi) is 7.05. The van der Waals surface area contributed by atoms with Gasteiger partial charge >= 0.3 is 6.03 Å². The van der Waals surface area contributed by atoms with Crippen molar-refractivity contribution >= 4 is 17.8 Å². The van der Waals surface area contributed by atoms with Crippen LogP contribution in [0.4, 0.5) is 10.6 Å². The molecule has 12 nitrogen and oxygen atoms in total. The Morgan fingerprint density at radius 3 is 2.55 bits per heavy atom. The Morgan fingerprint density at radius 1 is 1.16 bits per heavy atom. The first-order valence-corrected chi connectivity index (χ1v) is 12.1. The predicted molar refractivity (Wildman–Crippen MR) is 139 cm³/mol. The van der Waals surface area contributed by atoms with Crippen molar-refractivity contribution in [2.75, 3.05) is 32.6 Å². The summed E-state index contributed by atoms with van der Waals surface area (Å²) in [6.07, 6.45) is 3.28. The topological polar surface area (TPSA) is 142 Å². The number of amides is 2. The van der Waals surface area contributed by atoms with Gasteiger partial charge in [-0.3, -0.25) is 4.79 Å². The van der Waals surface area contributed by atoms with E-state index in [2.05, 4.69) is 15.4 Å². The molecular weight excluding hydrogens is 488 g/mol. The van der Waals surface area contributed by atoms with Gasteiger partial charge in [-0.25, -0.2) is 14.5 Å². The Hall–Kier alpha value is -4.71. The van der Waals surface area contributed by atoms with Crippen LogP contribution in [0.15, 0.2) is 67.3 Å². The van der Waals surface area contributed by atoms with E-state index in [4.69, 9.17) is 20.3 Å². The lowest BCUT2D eigenvalue weighted by molar-refractivity contribution is 0.0807. The predicted octanol–water partition coefficient (Wildman–Crippen LogP) is 3.00. The van der Waals surface area contributed by atoms with E-state index in [0.29, 0.717) is 35.8 Å². The lowest BCUT2D eigenvalue weighted by Crippen LogP contribution is -2.49. The van der Waals surface area contributed by atoms with Crippen molar-refractivity contribution in [2.24, 2.45) is 5.73 Å². The highest BCUT2D eigenvalue weighted by atomic mass is 16.5. The number of nitrogens with one attached hydrogen (secondary N) is 1. The van der Waals surface area contributed by atoms with Crippen molar-refractivity contribution in [2.45, 2.75) is 18.5 Å². The molecule has 3 heterocycles. The number of rotatable bonds is 8. The van der Waals surface area contributed by atoms with Gasteiger partial charge in [0, 0.05) is 26.3 Å². The summed E-state index contributed by atoms with van der Waals surface area (Å²) in [6, 6.07) is 15.7. The average molecular weight is 517 g/mol. The molecule has 2 aromatic heterocycles. The summed E-state index contributed by atoms with van der Waals surface area (Å²) in [5.74, 6) is 1.27. The molecule has 12 heteroatoms. The first kappa shape index (κ1) is 25.0. The van der Waals surface area contributed by atoms with Crippen LogP contribution in [0.5, 0.6) is 11.5 Å². The van der Waals surface area contributed by atoms with Crippen molar-refractivity contribution in [1.29, 1.82) is 0 Å². The lowest BCUT2D eigenvalue weighted by Gasteiger charge is -2.37. The normalized spacial score (nSPS) is 15.3. The minimum absolute atomic E-state index is 0.244. The monoisotopic (exact) mass is 516 g/mol. The van der Waals surface area contributed by atoms with Crippen LogP contribution in [0, 0.1) is 0 Å². The molecule has 38 heavy (non-hydrogen) atoms. The van der Waals surface area contributed by atoms with Crippen LogP contribution in [-0.4, -0.2) is 74.7 Å². The molecular formula is C26H28N8O4. The van der Waals surface area contributed by atoms with Crippen molar-refractivity contribution < 1.29 is 19.1 Å². The summed E-state index contributed by atoms with van der Waals surface area (Å²) in [7, 11) is 3.26. The van der Waals surface area contributed by atoms with E-state index in [9.17, 15) is 9.59 Å². The van der Waals surface area contributed by atoms with Crippen LogP contribution in [0.1, 0.15) is 22.8 Å². The molecule has 0 spiro atoms. The molecule has 196 valence electrons. The fourth-order valence-electron chi connectivity index (χ4n) is 4.66. The van der Waals surface area contributed by atoms with Gasteiger partial charge in [-0.1, -0.05) is 18.2 Å². The summed E-state index contributed by atoms with van der Waals surface area (Å²) in [6.45, 7) is 0.805. The summed E-state index contributed by atoms with van der Waals surface area (Å²) in [5, 5.41) is 12.1. The number of aromatic nitrogens is 5. The summed E-state index contributed by atoms with van der Waals surface area (Å²) in [5.41, 5.74) is 7.27. The standard InChI is InChI=1S/C26H28N8O4/c1-32(26(36)33-16-28-15-30-33)21(14-37-2)20-12-13-29-25-22(24(27)35)23(31-34(20)25)17-8-10-19(11-9-17)38-18-6-4-3-5-7-18/h3-11,15-16,20-21,29H,12-14H2,1-2H3,(H2,27,35)/t20?,21-/m1/s1. The lowest BCUT2D eigenvalue weighted by atomic mass is 10.0. The van der Waals surface area contributed by atoms with Crippen molar-refractivity contribution in [3.63, 3.8) is 0 Å². The van der Waals surface area contributed by atoms with Crippen LogP contribution in [0.25, 0.3) is 11.3 Å². The van der Waals surface area contributed by atoms with Crippen molar-refractivity contribution in [3.05, 3.63) is 72.8 Å². The maximum Gasteiger partial charge on any atom is 0.346 e. The van der Waals surface area contributed by atoms with Crippen LogP contribution >= 0.6 is 0 Å². The first-order chi connectivity index (χ1) is 18.5. The third-order valence-corrected chi connectivity index (χ3v) is 6.51. The molecule has 5 rings (SSSR count). The van der Waals surface area contributed by atoms with Crippen molar-refractivity contribution in [3.8, 4) is 22.8 Å². The molecule has 1 unspecified atom stereocenters. The van der Waals surface area contributed by atoms with Crippen LogP contribution in [0.3, 0.4) is 0 Å². The minimum Gasteiger partial charge on any atom is -0.457 e. The molecule has 4 aromatic rings. The number of hydrogen-bond acceptors (Lipinski definition) is 8. The summed E-state index contributed by atoms with van der Waals surface area (Å²) in [4.78, 5) is 31.1. The van der Waals surface area contributed by atoms with Gasteiger partial charge in [-0.15, -0.1) is 0 Å². The molecule has 1 aliphatic rings. The number of nitrogens with zero attached hydrogens (tertiary/aromatic N) is 6. The Bertz CT molecular complexity index is 1400. The van der Waals surface area contributed by atoms with E-state index in [0.717, 1.165) is 10.4 Å². The molecule has 3 N–H and O–H groups in total. The zero-order valence-electron chi connectivity index (χ0n) is 21.0. The molecule has 0 aliphatic carbocycles. The number of carbonyl (C=O) groups excluding carboxylic acids is 2. The SMILES string of the molecule is COC[C@H](C1CCNc2c(C(N)=O)c(-c3ccc(Oc4ccccc4)cc3)nn21)N(C)C(=O)n1cncn1. The number of likely N-dealkylation sites (N-methyl/N-ethyl adjacent to an activating group) is 1. The molecule has 0 saturated carbocycles. The van der Waals surface area contributed by atoms with Crippen LogP contribution in [0.2, 0.25) is 0 Å².